The Morgan fingerprint density at radius 2 is 2.15 bits per heavy atom. The predicted molar refractivity (Wildman–Crippen MR) is 56.1 cm³/mol. The number of β-amino-alcohol motifs (C(OH)–C–C–N with tert-alkyl or cyclic N) is 1. The van der Waals surface area contributed by atoms with Gasteiger partial charge in [-0.15, -0.1) is 11.6 Å². The molecule has 1 N–H and O–H groups in total. The molecule has 0 radical (unpaired) electrons. The van der Waals surface area contributed by atoms with Crippen LogP contribution in [-0.4, -0.2) is 41.6 Å². The van der Waals surface area contributed by atoms with E-state index in [1.165, 1.54) is 6.42 Å². The third kappa shape index (κ3) is 3.45. The Bertz CT molecular complexity index is 152. The maximum atomic E-state index is 9.39. The number of rotatable bonds is 3. The summed E-state index contributed by atoms with van der Waals surface area (Å²) in [5, 5.41) is 9.39. The summed E-state index contributed by atoms with van der Waals surface area (Å²) in [4.78, 5) is 2.32. The van der Waals surface area contributed by atoms with Gasteiger partial charge in [-0.3, -0.25) is 0 Å². The van der Waals surface area contributed by atoms with Crippen LogP contribution in [-0.2, 0) is 0 Å². The second kappa shape index (κ2) is 5.18. The van der Waals surface area contributed by atoms with Crippen molar-refractivity contribution in [2.45, 2.75) is 26.4 Å². The molecule has 0 aromatic carbocycles. The van der Waals surface area contributed by atoms with Gasteiger partial charge in [0.1, 0.15) is 0 Å². The number of alkyl halides is 1. The van der Waals surface area contributed by atoms with Crippen LogP contribution < -0.4 is 0 Å². The molecule has 1 fully saturated rings. The molecule has 78 valence electrons. The molecule has 1 aliphatic heterocycles. The lowest BCUT2D eigenvalue weighted by atomic mass is 9.88. The average Bonchev–Trinajstić information content (AvgIpc) is 2.11. The van der Waals surface area contributed by atoms with Crippen molar-refractivity contribution in [3.05, 3.63) is 0 Å². The normalized spacial score (nSPS) is 33.2. The van der Waals surface area contributed by atoms with E-state index in [0.717, 1.165) is 31.5 Å². The van der Waals surface area contributed by atoms with Gasteiger partial charge in [-0.05, 0) is 24.8 Å². The summed E-state index contributed by atoms with van der Waals surface area (Å²) in [6, 6.07) is 0. The van der Waals surface area contributed by atoms with Crippen LogP contribution in [0.1, 0.15) is 20.3 Å². The second-order valence-corrected chi connectivity index (χ2v) is 4.62. The molecule has 1 heterocycles. The highest BCUT2D eigenvalue weighted by Crippen LogP contribution is 2.22. The lowest BCUT2D eigenvalue weighted by molar-refractivity contribution is 0.0806. The van der Waals surface area contributed by atoms with Gasteiger partial charge in [-0.25, -0.2) is 0 Å². The molecule has 3 unspecified atom stereocenters. The molecule has 2 nitrogen and oxygen atoms in total. The molecule has 3 atom stereocenters. The fraction of sp³-hybridized carbons (Fsp3) is 1.00. The Morgan fingerprint density at radius 1 is 1.46 bits per heavy atom. The van der Waals surface area contributed by atoms with Gasteiger partial charge in [-0.1, -0.05) is 13.8 Å². The molecule has 0 aromatic rings. The van der Waals surface area contributed by atoms with Crippen molar-refractivity contribution in [2.24, 2.45) is 11.8 Å². The third-order valence-electron chi connectivity index (χ3n) is 3.07. The molecular formula is C10H20ClNO. The molecule has 1 aliphatic rings. The van der Waals surface area contributed by atoms with Crippen molar-refractivity contribution < 1.29 is 5.11 Å². The number of nitrogens with zero attached hydrogens (tertiary/aromatic N) is 1. The fourth-order valence-corrected chi connectivity index (χ4v) is 1.96. The minimum Gasteiger partial charge on any atom is -0.391 e. The molecule has 0 aromatic heterocycles. The lowest BCUT2D eigenvalue weighted by Crippen LogP contribution is -2.42. The molecular weight excluding hydrogens is 186 g/mol. The quantitative estimate of drug-likeness (QED) is 0.708. The minimum absolute atomic E-state index is 0.348. The summed E-state index contributed by atoms with van der Waals surface area (Å²) in [5.74, 6) is 1.92. The zero-order valence-electron chi connectivity index (χ0n) is 8.54. The third-order valence-corrected chi connectivity index (χ3v) is 3.42. The molecule has 0 spiro atoms. The summed E-state index contributed by atoms with van der Waals surface area (Å²) in [7, 11) is 0. The van der Waals surface area contributed by atoms with Gasteiger partial charge in [0.25, 0.3) is 0 Å². The number of aliphatic hydroxyl groups is 1. The van der Waals surface area contributed by atoms with Gasteiger partial charge in [0.05, 0.1) is 6.10 Å². The van der Waals surface area contributed by atoms with Crippen LogP contribution in [0, 0.1) is 11.8 Å². The first-order valence-electron chi connectivity index (χ1n) is 5.10. The second-order valence-electron chi connectivity index (χ2n) is 4.31. The van der Waals surface area contributed by atoms with E-state index in [1.807, 2.05) is 0 Å². The van der Waals surface area contributed by atoms with Gasteiger partial charge < -0.3 is 10.0 Å². The zero-order chi connectivity index (χ0) is 9.84. The number of likely N-dealkylation sites (tertiary alicyclic amines) is 1. The van der Waals surface area contributed by atoms with Crippen molar-refractivity contribution in [1.29, 1.82) is 0 Å². The Labute approximate surface area is 85.9 Å². The summed E-state index contributed by atoms with van der Waals surface area (Å²) in [6.07, 6.45) is 0.887. The van der Waals surface area contributed by atoms with Gasteiger partial charge in [0.15, 0.2) is 0 Å². The number of piperidine rings is 1. The highest BCUT2D eigenvalue weighted by atomic mass is 35.5. The highest BCUT2D eigenvalue weighted by Gasteiger charge is 2.23. The molecule has 0 bridgehead atoms. The van der Waals surface area contributed by atoms with Crippen LogP contribution in [0.3, 0.4) is 0 Å². The molecule has 1 saturated heterocycles. The number of hydrogen-bond acceptors (Lipinski definition) is 2. The number of hydrogen-bond donors (Lipinski definition) is 1. The molecule has 3 heteroatoms. The van der Waals surface area contributed by atoms with E-state index in [4.69, 9.17) is 11.6 Å². The summed E-state index contributed by atoms with van der Waals surface area (Å²) < 4.78 is 0. The van der Waals surface area contributed by atoms with Gasteiger partial charge in [0.2, 0.25) is 0 Å². The Hall–Kier alpha value is 0.210. The largest absolute Gasteiger partial charge is 0.391 e. The van der Waals surface area contributed by atoms with Gasteiger partial charge in [-0.2, -0.15) is 0 Å². The Morgan fingerprint density at radius 3 is 2.69 bits per heavy atom. The summed E-state index contributed by atoms with van der Waals surface area (Å²) in [6.45, 7) is 7.54. The number of aliphatic hydroxyl groups excluding tert-OH is 1. The topological polar surface area (TPSA) is 23.5 Å². The lowest BCUT2D eigenvalue weighted by Gasteiger charge is -2.35. The smallest absolute Gasteiger partial charge is 0.0802 e. The van der Waals surface area contributed by atoms with E-state index in [1.54, 1.807) is 0 Å². The fourth-order valence-electron chi connectivity index (χ4n) is 1.86. The first kappa shape index (κ1) is 11.3. The van der Waals surface area contributed by atoms with Crippen molar-refractivity contribution >= 4 is 11.6 Å². The Balaban J connectivity index is 2.29. The van der Waals surface area contributed by atoms with E-state index in [0.29, 0.717) is 5.88 Å². The van der Waals surface area contributed by atoms with Crippen LogP contribution in [0.15, 0.2) is 0 Å². The van der Waals surface area contributed by atoms with Crippen LogP contribution in [0.2, 0.25) is 0 Å². The van der Waals surface area contributed by atoms with Crippen LogP contribution in [0.4, 0.5) is 0 Å². The SMILES string of the molecule is CC1CCN(CC(O)CCl)CC1C. The summed E-state index contributed by atoms with van der Waals surface area (Å²) in [5.41, 5.74) is 0. The monoisotopic (exact) mass is 205 g/mol. The van der Waals surface area contributed by atoms with Gasteiger partial charge >= 0.3 is 0 Å². The minimum atomic E-state index is -0.359. The average molecular weight is 206 g/mol. The Kier molecular flexibility index (Phi) is 4.50. The molecule has 0 amide bonds. The number of halogens is 1. The predicted octanol–water partition coefficient (Wildman–Crippen LogP) is 1.56. The van der Waals surface area contributed by atoms with E-state index >= 15 is 0 Å². The standard InChI is InChI=1S/C10H20ClNO/c1-8-3-4-12(6-9(8)2)7-10(13)5-11/h8-10,13H,3-7H2,1-2H3. The van der Waals surface area contributed by atoms with Crippen molar-refractivity contribution in [1.82, 2.24) is 4.90 Å². The molecule has 13 heavy (non-hydrogen) atoms. The maximum Gasteiger partial charge on any atom is 0.0802 e. The summed E-state index contributed by atoms with van der Waals surface area (Å²) >= 11 is 5.56. The van der Waals surface area contributed by atoms with Crippen LogP contribution in [0.25, 0.3) is 0 Å². The molecule has 0 saturated carbocycles. The maximum absolute atomic E-state index is 9.39. The van der Waals surface area contributed by atoms with Crippen LogP contribution >= 0.6 is 11.6 Å². The van der Waals surface area contributed by atoms with Crippen molar-refractivity contribution in [3.63, 3.8) is 0 Å². The van der Waals surface area contributed by atoms with E-state index < -0.39 is 0 Å². The van der Waals surface area contributed by atoms with Gasteiger partial charge in [0, 0.05) is 19.0 Å². The zero-order valence-corrected chi connectivity index (χ0v) is 9.30. The van der Waals surface area contributed by atoms with E-state index in [9.17, 15) is 5.11 Å². The van der Waals surface area contributed by atoms with Crippen molar-refractivity contribution in [3.8, 4) is 0 Å². The first-order valence-corrected chi connectivity index (χ1v) is 5.63. The van der Waals surface area contributed by atoms with E-state index in [-0.39, 0.29) is 6.10 Å². The first-order chi connectivity index (χ1) is 6.13. The van der Waals surface area contributed by atoms with Crippen LogP contribution in [0.5, 0.6) is 0 Å². The highest BCUT2D eigenvalue weighted by molar-refractivity contribution is 6.18. The molecule has 0 aliphatic carbocycles. The van der Waals surface area contributed by atoms with E-state index in [2.05, 4.69) is 18.7 Å². The van der Waals surface area contributed by atoms with Crippen molar-refractivity contribution in [2.75, 3.05) is 25.5 Å². The molecule has 1 rings (SSSR count).